The lowest BCUT2D eigenvalue weighted by atomic mass is 9.84. The lowest BCUT2D eigenvalue weighted by Gasteiger charge is -2.39. The molecule has 7 rings (SSSR count). The third-order valence-electron chi connectivity index (χ3n) is 15.1. The predicted molar refractivity (Wildman–Crippen MR) is 304 cm³/mol. The van der Waals surface area contributed by atoms with E-state index in [4.69, 9.17) is 23.7 Å². The zero-order valence-electron chi connectivity index (χ0n) is 48.3. The third kappa shape index (κ3) is 20.8. The molecule has 4 aliphatic heterocycles. The first-order valence-electron chi connectivity index (χ1n) is 28.9. The maximum absolute atomic E-state index is 13.9. The number of benzene rings is 2. The van der Waals surface area contributed by atoms with Gasteiger partial charge in [-0.15, -0.1) is 9.98 Å². The van der Waals surface area contributed by atoms with Gasteiger partial charge in [-0.3, -0.25) is 14.5 Å². The van der Waals surface area contributed by atoms with Gasteiger partial charge in [-0.25, -0.2) is 14.4 Å². The molecule has 5 fully saturated rings. The number of hydrogen-bond acceptors (Lipinski definition) is 13. The Labute approximate surface area is 478 Å². The quantitative estimate of drug-likeness (QED) is 0.0846. The molecule has 0 spiro atoms. The largest absolute Gasteiger partial charge is 0.448 e. The Morgan fingerprint density at radius 1 is 0.630 bits per heavy atom. The summed E-state index contributed by atoms with van der Waals surface area (Å²) in [7, 11) is 0. The number of likely N-dealkylation sites (tertiary alicyclic amines) is 2. The van der Waals surface area contributed by atoms with Crippen LogP contribution in [-0.4, -0.2) is 177 Å². The molecule has 2 aromatic rings. The van der Waals surface area contributed by atoms with Crippen LogP contribution in [0.5, 0.6) is 0 Å². The number of hydrogen-bond donors (Lipinski definition) is 4. The normalized spacial score (nSPS) is 19.6. The molecule has 0 bridgehead atoms. The van der Waals surface area contributed by atoms with Gasteiger partial charge in [-0.2, -0.15) is 10.5 Å². The molecular formula is C59H86N12O10. The number of aliphatic imine (C=N–C) groups is 2. The Morgan fingerprint density at radius 2 is 1.09 bits per heavy atom. The first-order valence-corrected chi connectivity index (χ1v) is 28.9. The molecule has 1 saturated carbocycles. The number of rotatable bonds is 15. The molecule has 81 heavy (non-hydrogen) atoms. The van der Waals surface area contributed by atoms with Gasteiger partial charge in [0.05, 0.1) is 51.8 Å². The standard InChI is InChI=1S/C31H44N6O6.C28H42N6O4/c1-2-42-29(39)34-28(36-17-19-41-20-18-36)33-26(21-24-9-5-3-6-10-24)27(38)35-31(23-32)13-15-37(16-14-31)30(40)43-22-25-11-7-4-8-12-25;1-5-38-26(36)31-25(34-15-17-37-18-16-34)30-23(19-27(2,3)4)24(35)32-28(21-29)11-13-33(14-12-28)20-22-9-7-6-8-10-22/h4,7-8,11-12,24,26H,2-3,5-6,9-10,13-22H2,1H3,(H,35,38)(H,33,34,39);6-10,23H,5,11-20H2,1-4H3,(H,32,35)(H,30,31,36). The number of amides is 5. The second kappa shape index (κ2) is 31.8. The topological polar surface area (TPSA) is 265 Å². The van der Waals surface area contributed by atoms with E-state index < -0.39 is 41.4 Å². The molecule has 4 N–H and O–H groups in total. The van der Waals surface area contributed by atoms with Gasteiger partial charge < -0.3 is 59.7 Å². The molecule has 2 aromatic carbocycles. The van der Waals surface area contributed by atoms with E-state index >= 15 is 0 Å². The second-order valence-electron chi connectivity index (χ2n) is 22.5. The number of nitrogens with zero attached hydrogens (tertiary/aromatic N) is 8. The molecule has 442 valence electrons. The van der Waals surface area contributed by atoms with E-state index in [1.807, 2.05) is 79.1 Å². The number of carbonyl (C=O) groups excluding carboxylic acids is 5. The van der Waals surface area contributed by atoms with E-state index in [1.165, 1.54) is 12.0 Å². The molecule has 4 heterocycles. The lowest BCUT2D eigenvalue weighted by Crippen LogP contribution is -2.61. The summed E-state index contributed by atoms with van der Waals surface area (Å²) in [5.41, 5.74) is -0.150. The minimum atomic E-state index is -1.13. The molecule has 2 unspecified atom stereocenters. The van der Waals surface area contributed by atoms with Crippen LogP contribution in [0.25, 0.3) is 0 Å². The van der Waals surface area contributed by atoms with E-state index in [-0.39, 0.29) is 68.9 Å². The number of carbonyl (C=O) groups is 5. The van der Waals surface area contributed by atoms with E-state index in [9.17, 15) is 34.5 Å². The number of morpholine rings is 2. The first kappa shape index (κ1) is 63.2. The fourth-order valence-electron chi connectivity index (χ4n) is 10.5. The van der Waals surface area contributed by atoms with Crippen LogP contribution in [0, 0.1) is 34.0 Å². The van der Waals surface area contributed by atoms with E-state index in [0.29, 0.717) is 103 Å². The molecule has 2 atom stereocenters. The molecule has 0 aromatic heterocycles. The average molecular weight is 1120 g/mol. The fraction of sp³-hybridized carbons (Fsp3) is 0.644. The zero-order chi connectivity index (χ0) is 58.1. The molecule has 22 heteroatoms. The maximum Gasteiger partial charge on any atom is 0.436 e. The molecule has 1 aliphatic carbocycles. The zero-order valence-corrected chi connectivity index (χ0v) is 48.3. The average Bonchev–Trinajstić information content (AvgIpc) is 3.61. The smallest absolute Gasteiger partial charge is 0.436 e. The summed E-state index contributed by atoms with van der Waals surface area (Å²) in [5, 5.41) is 32.9. The van der Waals surface area contributed by atoms with Crippen molar-refractivity contribution in [1.82, 2.24) is 40.9 Å². The van der Waals surface area contributed by atoms with E-state index in [2.05, 4.69) is 60.4 Å². The van der Waals surface area contributed by atoms with Crippen molar-refractivity contribution >= 4 is 42.0 Å². The second-order valence-corrected chi connectivity index (χ2v) is 22.5. The highest BCUT2D eigenvalue weighted by Gasteiger charge is 2.42. The summed E-state index contributed by atoms with van der Waals surface area (Å²) in [6.45, 7) is 17.0. The molecule has 5 aliphatic rings. The van der Waals surface area contributed by atoms with Crippen LogP contribution >= 0.6 is 0 Å². The summed E-state index contributed by atoms with van der Waals surface area (Å²) < 4.78 is 26.5. The van der Waals surface area contributed by atoms with Crippen molar-refractivity contribution < 1.29 is 47.7 Å². The minimum Gasteiger partial charge on any atom is -0.448 e. The minimum absolute atomic E-state index is 0.170. The van der Waals surface area contributed by atoms with Crippen molar-refractivity contribution in [2.45, 2.75) is 142 Å². The number of piperidine rings is 2. The van der Waals surface area contributed by atoms with Crippen LogP contribution in [0.3, 0.4) is 0 Å². The van der Waals surface area contributed by atoms with Crippen LogP contribution < -0.4 is 21.3 Å². The summed E-state index contributed by atoms with van der Waals surface area (Å²) >= 11 is 0. The predicted octanol–water partition coefficient (Wildman–Crippen LogP) is 6.47. The van der Waals surface area contributed by atoms with Gasteiger partial charge in [0.25, 0.3) is 0 Å². The molecule has 5 amide bonds. The van der Waals surface area contributed by atoms with E-state index in [1.54, 1.807) is 18.7 Å². The molecule has 0 radical (unpaired) electrons. The third-order valence-corrected chi connectivity index (χ3v) is 15.1. The van der Waals surface area contributed by atoms with Gasteiger partial charge >= 0.3 is 18.3 Å². The Morgan fingerprint density at radius 3 is 1.56 bits per heavy atom. The summed E-state index contributed by atoms with van der Waals surface area (Å²) in [6.07, 6.45) is 6.25. The van der Waals surface area contributed by atoms with Gasteiger partial charge in [-0.05, 0) is 62.0 Å². The first-order chi connectivity index (χ1) is 39.0. The van der Waals surface area contributed by atoms with Gasteiger partial charge in [-0.1, -0.05) is 114 Å². The summed E-state index contributed by atoms with van der Waals surface area (Å²) in [6, 6.07) is 23.0. The van der Waals surface area contributed by atoms with Crippen molar-refractivity contribution in [2.24, 2.45) is 21.3 Å². The highest BCUT2D eigenvalue weighted by atomic mass is 16.6. The van der Waals surface area contributed by atoms with Gasteiger partial charge in [0.1, 0.15) is 29.8 Å². The summed E-state index contributed by atoms with van der Waals surface area (Å²) in [5.74, 6) is 0.309. The number of nitriles is 2. The van der Waals surface area contributed by atoms with Crippen LogP contribution in [-0.2, 0) is 46.4 Å². The Kier molecular flexibility index (Phi) is 24.8. The Hall–Kier alpha value is -7.01. The van der Waals surface area contributed by atoms with Crippen LogP contribution in [0.1, 0.15) is 116 Å². The van der Waals surface area contributed by atoms with Crippen molar-refractivity contribution in [1.29, 1.82) is 10.5 Å². The maximum atomic E-state index is 13.9. The fourth-order valence-corrected chi connectivity index (χ4v) is 10.5. The Balaban J connectivity index is 0.000000263. The number of ether oxygens (including phenoxy) is 5. The summed E-state index contributed by atoms with van der Waals surface area (Å²) in [4.78, 5) is 80.9. The highest BCUT2D eigenvalue weighted by molar-refractivity contribution is 5.95. The van der Waals surface area contributed by atoms with Crippen molar-refractivity contribution in [3.8, 4) is 12.1 Å². The van der Waals surface area contributed by atoms with Crippen LogP contribution in [0.4, 0.5) is 14.4 Å². The monoisotopic (exact) mass is 1120 g/mol. The molecular weight excluding hydrogens is 1040 g/mol. The molecule has 22 nitrogen and oxygen atoms in total. The van der Waals surface area contributed by atoms with E-state index in [0.717, 1.165) is 37.8 Å². The van der Waals surface area contributed by atoms with Gasteiger partial charge in [0.2, 0.25) is 23.7 Å². The van der Waals surface area contributed by atoms with Crippen molar-refractivity contribution in [2.75, 3.05) is 92.0 Å². The highest BCUT2D eigenvalue weighted by Crippen LogP contribution is 2.30. The van der Waals surface area contributed by atoms with Crippen LogP contribution in [0.2, 0.25) is 0 Å². The van der Waals surface area contributed by atoms with Gasteiger partial charge in [0.15, 0.2) is 0 Å². The SMILES string of the molecule is CCOC(=O)N=C(NC(CC(C)(C)C)C(=O)NC1(C#N)CCN(Cc2ccccc2)CC1)N1CCOCC1.CCOC(=O)N=C(NC(CC1CCCCC1)C(=O)NC1(C#N)CCN(C(=O)OCc2ccccc2)CC1)N1CCOCC1. The Bertz CT molecular complexity index is 2460. The van der Waals surface area contributed by atoms with Gasteiger partial charge in [0, 0.05) is 71.7 Å². The molecule has 4 saturated heterocycles. The number of nitrogens with one attached hydrogen (secondary N) is 4. The van der Waals surface area contributed by atoms with Crippen molar-refractivity contribution in [3.05, 3.63) is 71.8 Å². The number of guanidine groups is 2. The lowest BCUT2D eigenvalue weighted by molar-refractivity contribution is -0.126. The van der Waals surface area contributed by atoms with Crippen molar-refractivity contribution in [3.63, 3.8) is 0 Å². The van der Waals surface area contributed by atoms with Crippen LogP contribution in [0.15, 0.2) is 70.6 Å².